The van der Waals surface area contributed by atoms with Gasteiger partial charge in [0.25, 0.3) is 11.6 Å². The molecule has 0 aromatic heterocycles. The third kappa shape index (κ3) is 21.8. The third-order valence-corrected chi connectivity index (χ3v) is 3.92. The zero-order chi connectivity index (χ0) is 20.2. The fourth-order valence-electron chi connectivity index (χ4n) is 0.957. The molecular weight excluding hydrogens is 432 g/mol. The van der Waals surface area contributed by atoms with Crippen molar-refractivity contribution in [3.05, 3.63) is 0 Å². The molecule has 0 bridgehead atoms. The second-order valence-electron chi connectivity index (χ2n) is 4.51. The van der Waals surface area contributed by atoms with Crippen LogP contribution in [0.25, 0.3) is 0 Å². The summed E-state index contributed by atoms with van der Waals surface area (Å²) >= 11 is 2.76. The van der Waals surface area contributed by atoms with Gasteiger partial charge >= 0.3 is 11.9 Å². The number of hydrogen-bond acceptors (Lipinski definition) is 10. The van der Waals surface area contributed by atoms with Crippen molar-refractivity contribution >= 4 is 47.0 Å². The van der Waals surface area contributed by atoms with E-state index in [0.29, 0.717) is 13.2 Å². The van der Waals surface area contributed by atoms with Gasteiger partial charge in [-0.1, -0.05) is 27.7 Å². The molecule has 0 aromatic carbocycles. The molecule has 0 aliphatic heterocycles. The van der Waals surface area contributed by atoms with Crippen molar-refractivity contribution in [2.75, 3.05) is 36.2 Å². The summed E-state index contributed by atoms with van der Waals surface area (Å²) in [5.74, 6) is -1.01. The van der Waals surface area contributed by atoms with Crippen molar-refractivity contribution in [1.29, 1.82) is 0 Å². The smallest absolute Gasteiger partial charge is 0.289 e. The van der Waals surface area contributed by atoms with Crippen LogP contribution in [0.3, 0.4) is 0 Å². The summed E-state index contributed by atoms with van der Waals surface area (Å²) in [6.07, 6.45) is 1.48. The first-order chi connectivity index (χ1) is 12.4. The van der Waals surface area contributed by atoms with Gasteiger partial charge in [0.15, 0.2) is 0 Å². The van der Waals surface area contributed by atoms with Crippen LogP contribution in [0.1, 0.15) is 40.5 Å². The van der Waals surface area contributed by atoms with E-state index in [0.717, 1.165) is 24.3 Å². The van der Waals surface area contributed by atoms with E-state index in [1.165, 1.54) is 23.5 Å². The van der Waals surface area contributed by atoms with E-state index in [2.05, 4.69) is 19.6 Å². The molecule has 0 saturated carbocycles. The van der Waals surface area contributed by atoms with Gasteiger partial charge in [-0.3, -0.25) is 19.4 Å². The Balaban J connectivity index is -0.000000411. The van der Waals surface area contributed by atoms with Gasteiger partial charge in [-0.05, 0) is 24.3 Å². The monoisotopic (exact) mass is 460 g/mol. The van der Waals surface area contributed by atoms with Crippen molar-refractivity contribution in [3.63, 3.8) is 0 Å². The Morgan fingerprint density at radius 2 is 1.00 bits per heavy atom. The molecule has 0 heterocycles. The third-order valence-electron chi connectivity index (χ3n) is 2.17. The molecule has 0 fully saturated rings. The van der Waals surface area contributed by atoms with E-state index in [4.69, 9.17) is 0 Å². The predicted octanol–water partition coefficient (Wildman–Crippen LogP) is 2.38. The van der Waals surface area contributed by atoms with Gasteiger partial charge in [0.05, 0.1) is 24.7 Å². The normalized spacial score (nSPS) is 9.33. The molecule has 0 N–H and O–H groups in total. The second kappa shape index (κ2) is 23.7. The molecule has 27 heavy (non-hydrogen) atoms. The van der Waals surface area contributed by atoms with Crippen LogP contribution >= 0.6 is 23.5 Å². The number of hydrogen-bond donors (Lipinski definition) is 0. The summed E-state index contributed by atoms with van der Waals surface area (Å²) in [5, 5.41) is 0. The van der Waals surface area contributed by atoms with Crippen molar-refractivity contribution in [2.24, 2.45) is 0 Å². The van der Waals surface area contributed by atoms with Crippen molar-refractivity contribution in [2.45, 2.75) is 40.5 Å². The molecular formula is C16H28O8S2Ti. The van der Waals surface area contributed by atoms with Gasteiger partial charge in [-0.2, -0.15) is 33.3 Å². The molecule has 156 valence electrons. The topological polar surface area (TPSA) is 105 Å². The Labute approximate surface area is 183 Å². The Kier molecular flexibility index (Phi) is 27.4. The number of carbonyl (C=O) groups excluding carboxylic acids is 4. The van der Waals surface area contributed by atoms with Crippen molar-refractivity contribution in [1.82, 2.24) is 0 Å². The molecule has 0 aliphatic rings. The van der Waals surface area contributed by atoms with Gasteiger partial charge in [-0.25, -0.2) is 9.59 Å². The largest absolute Gasteiger partial charge is 0.409 e. The Hall–Kier alpha value is -0.386. The quantitative estimate of drug-likeness (QED) is 0.126. The Bertz CT molecular complexity index is 383. The van der Waals surface area contributed by atoms with Crippen LogP contribution in [0.2, 0.25) is 0 Å². The summed E-state index contributed by atoms with van der Waals surface area (Å²) in [7, 11) is 0. The first-order valence-corrected chi connectivity index (χ1v) is 10.6. The minimum Gasteiger partial charge on any atom is -0.289 e. The van der Waals surface area contributed by atoms with E-state index in [9.17, 15) is 19.2 Å². The Morgan fingerprint density at radius 3 is 1.26 bits per heavy atom. The molecule has 0 amide bonds. The van der Waals surface area contributed by atoms with Crippen molar-refractivity contribution < 1.29 is 60.4 Å². The molecule has 11 heteroatoms. The molecule has 0 rings (SSSR count). The average Bonchev–Trinajstić information content (AvgIpc) is 2.64. The maximum absolute atomic E-state index is 10.9. The maximum atomic E-state index is 10.9. The summed E-state index contributed by atoms with van der Waals surface area (Å²) < 4.78 is 0. The van der Waals surface area contributed by atoms with E-state index in [1.54, 1.807) is 0 Å². The molecule has 0 atom stereocenters. The van der Waals surface area contributed by atoms with Crippen LogP contribution < -0.4 is 0 Å². The van der Waals surface area contributed by atoms with E-state index >= 15 is 0 Å². The van der Waals surface area contributed by atoms with Crippen LogP contribution in [0.5, 0.6) is 0 Å². The van der Waals surface area contributed by atoms with Crippen LogP contribution in [-0.4, -0.2) is 59.7 Å². The zero-order valence-corrected chi connectivity index (χ0v) is 19.4. The minimum atomic E-state index is -0.908. The van der Waals surface area contributed by atoms with Crippen LogP contribution in [0.15, 0.2) is 0 Å². The molecule has 0 saturated heterocycles. The van der Waals surface area contributed by atoms with Crippen LogP contribution in [-0.2, 0) is 60.4 Å². The fourth-order valence-corrected chi connectivity index (χ4v) is 1.97. The molecule has 0 radical (unpaired) electrons. The predicted molar refractivity (Wildman–Crippen MR) is 101 cm³/mol. The number of carbonyl (C=O) groups is 4. The van der Waals surface area contributed by atoms with Gasteiger partial charge in [0, 0.05) is 21.7 Å². The first kappa shape index (κ1) is 31.3. The van der Waals surface area contributed by atoms with Crippen LogP contribution in [0.4, 0.5) is 0 Å². The standard InChI is InChI=1S/2C8H14O4S.Ti/c2*1-3-5-11-12-8(10)7(9)6-13-4-2;/h2*3-6H2,1-2H3;. The number of thioether (sulfide) groups is 2. The van der Waals surface area contributed by atoms with E-state index in [-0.39, 0.29) is 33.2 Å². The number of ketones is 2. The van der Waals surface area contributed by atoms with E-state index in [1.807, 2.05) is 27.7 Å². The number of Topliss-reactive ketones (excluding diaryl/α,β-unsaturated/α-hetero) is 2. The van der Waals surface area contributed by atoms with Gasteiger partial charge < -0.3 is 0 Å². The van der Waals surface area contributed by atoms with E-state index < -0.39 is 23.5 Å². The number of rotatable bonds is 14. The van der Waals surface area contributed by atoms with Gasteiger partial charge in [0.2, 0.25) is 0 Å². The average molecular weight is 460 g/mol. The molecule has 0 aliphatic carbocycles. The first-order valence-electron chi connectivity index (χ1n) is 8.33. The molecule has 0 aromatic rings. The van der Waals surface area contributed by atoms with Gasteiger partial charge in [0.1, 0.15) is 0 Å². The maximum Gasteiger partial charge on any atom is 0.409 e. The minimum absolute atomic E-state index is 0. The zero-order valence-electron chi connectivity index (χ0n) is 16.2. The fraction of sp³-hybridized carbons (Fsp3) is 0.750. The summed E-state index contributed by atoms with van der Waals surface area (Å²) in [4.78, 5) is 60.9. The summed E-state index contributed by atoms with van der Waals surface area (Å²) in [6.45, 7) is 8.22. The summed E-state index contributed by atoms with van der Waals surface area (Å²) in [6, 6.07) is 0. The van der Waals surface area contributed by atoms with Crippen LogP contribution in [0, 0.1) is 0 Å². The SMILES string of the molecule is CCCOOC(=O)C(=O)CSCC.CCCOOC(=O)C(=O)CSCC.[Ti]. The second-order valence-corrected chi connectivity index (χ2v) is 7.05. The molecule has 0 spiro atoms. The molecule has 8 nitrogen and oxygen atoms in total. The Morgan fingerprint density at radius 1 is 0.667 bits per heavy atom. The van der Waals surface area contributed by atoms with Gasteiger partial charge in [-0.15, -0.1) is 0 Å². The summed E-state index contributed by atoms with van der Waals surface area (Å²) in [5.41, 5.74) is 0. The van der Waals surface area contributed by atoms with Crippen molar-refractivity contribution in [3.8, 4) is 0 Å². The molecule has 0 unspecified atom stereocenters.